The minimum Gasteiger partial charge on any atom is -0.463 e. The molecule has 19 heavy (non-hydrogen) atoms. The Morgan fingerprint density at radius 3 is 2.26 bits per heavy atom. The van der Waals surface area contributed by atoms with E-state index in [0.717, 1.165) is 12.8 Å². The lowest BCUT2D eigenvalue weighted by Gasteiger charge is -2.38. The first kappa shape index (κ1) is 18.4. The highest BCUT2D eigenvalue weighted by molar-refractivity contribution is 6.74. The fourth-order valence-corrected chi connectivity index (χ4v) is 2.72. The zero-order valence-corrected chi connectivity index (χ0v) is 14.6. The van der Waals surface area contributed by atoms with Crippen LogP contribution in [0.2, 0.25) is 18.1 Å². The van der Waals surface area contributed by atoms with Gasteiger partial charge in [-0.2, -0.15) is 0 Å². The normalized spacial score (nSPS) is 14.7. The maximum atomic E-state index is 11.4. The Balaban J connectivity index is 4.71. The van der Waals surface area contributed by atoms with Gasteiger partial charge in [-0.15, -0.1) is 0 Å². The van der Waals surface area contributed by atoms with E-state index in [1.807, 2.05) is 6.08 Å². The maximum absolute atomic E-state index is 11.4. The van der Waals surface area contributed by atoms with Crippen molar-refractivity contribution in [1.29, 1.82) is 0 Å². The molecule has 0 aromatic heterocycles. The number of hydrogen-bond acceptors (Lipinski definition) is 3. The van der Waals surface area contributed by atoms with Crippen LogP contribution in [0.5, 0.6) is 0 Å². The van der Waals surface area contributed by atoms with Gasteiger partial charge in [0.25, 0.3) is 0 Å². The van der Waals surface area contributed by atoms with Crippen molar-refractivity contribution in [2.45, 2.75) is 71.7 Å². The van der Waals surface area contributed by atoms with Gasteiger partial charge in [0.15, 0.2) is 8.32 Å². The first-order valence-electron chi connectivity index (χ1n) is 7.16. The van der Waals surface area contributed by atoms with Crippen LogP contribution in [0, 0.1) is 0 Å². The molecule has 112 valence electrons. The number of esters is 1. The molecule has 0 radical (unpaired) electrons. The summed E-state index contributed by atoms with van der Waals surface area (Å²) in [4.78, 5) is 11.4. The molecule has 0 fully saturated rings. The molecule has 0 aliphatic carbocycles. The summed E-state index contributed by atoms with van der Waals surface area (Å²) in [6.45, 7) is 15.5. The van der Waals surface area contributed by atoms with Crippen molar-refractivity contribution >= 4 is 14.3 Å². The molecule has 0 saturated heterocycles. The van der Waals surface area contributed by atoms with Crippen molar-refractivity contribution in [3.8, 4) is 0 Å². The van der Waals surface area contributed by atoms with Gasteiger partial charge in [0.2, 0.25) is 0 Å². The largest absolute Gasteiger partial charge is 0.463 e. The Hall–Kier alpha value is -0.613. The zero-order chi connectivity index (χ0) is 15.1. The number of rotatable bonds is 7. The molecule has 1 atom stereocenters. The Labute approximate surface area is 119 Å². The van der Waals surface area contributed by atoms with E-state index in [-0.39, 0.29) is 17.1 Å². The topological polar surface area (TPSA) is 35.5 Å². The summed E-state index contributed by atoms with van der Waals surface area (Å²) in [7, 11) is -1.80. The third-order valence-electron chi connectivity index (χ3n) is 3.56. The smallest absolute Gasteiger partial charge is 0.330 e. The molecule has 0 aliphatic heterocycles. The maximum Gasteiger partial charge on any atom is 0.330 e. The van der Waals surface area contributed by atoms with Crippen molar-refractivity contribution in [3.05, 3.63) is 12.2 Å². The van der Waals surface area contributed by atoms with E-state index in [4.69, 9.17) is 9.16 Å². The summed E-state index contributed by atoms with van der Waals surface area (Å²) in [6, 6.07) is 0. The van der Waals surface area contributed by atoms with Crippen LogP contribution >= 0.6 is 0 Å². The summed E-state index contributed by atoms with van der Waals surface area (Å²) < 4.78 is 11.2. The third kappa shape index (κ3) is 6.92. The highest BCUT2D eigenvalue weighted by atomic mass is 28.4. The van der Waals surface area contributed by atoms with E-state index >= 15 is 0 Å². The second-order valence-corrected chi connectivity index (χ2v) is 11.1. The number of carbonyl (C=O) groups excluding carboxylic acids is 1. The average molecular weight is 286 g/mol. The van der Waals surface area contributed by atoms with Crippen molar-refractivity contribution in [1.82, 2.24) is 0 Å². The summed E-state index contributed by atoms with van der Waals surface area (Å²) in [6.07, 6.45) is 5.32. The molecule has 0 N–H and O–H groups in total. The molecule has 0 aromatic rings. The van der Waals surface area contributed by atoms with Gasteiger partial charge in [-0.05, 0) is 37.6 Å². The quantitative estimate of drug-likeness (QED) is 0.398. The molecule has 0 bridgehead atoms. The van der Waals surface area contributed by atoms with Gasteiger partial charge in [-0.25, -0.2) is 4.79 Å². The van der Waals surface area contributed by atoms with Gasteiger partial charge in [-0.1, -0.05) is 34.1 Å². The monoisotopic (exact) mass is 286 g/mol. The van der Waals surface area contributed by atoms with Crippen LogP contribution in [0.4, 0.5) is 0 Å². The highest BCUT2D eigenvalue weighted by Crippen LogP contribution is 2.37. The van der Waals surface area contributed by atoms with Crippen LogP contribution in [0.1, 0.15) is 47.5 Å². The predicted octanol–water partition coefficient (Wildman–Crippen LogP) is 4.30. The molecule has 4 heteroatoms. The summed E-state index contributed by atoms with van der Waals surface area (Å²) in [5.41, 5.74) is 0. The summed E-state index contributed by atoms with van der Waals surface area (Å²) in [5, 5.41) is 0.177. The SMILES string of the molecule is CCC[C@H](/C=C\C(=O)OCC)O[Si](C)(C)C(C)(C)C. The number of carbonyl (C=O) groups is 1. The van der Waals surface area contributed by atoms with Gasteiger partial charge in [0.1, 0.15) is 0 Å². The van der Waals surface area contributed by atoms with Crippen LogP contribution < -0.4 is 0 Å². The highest BCUT2D eigenvalue weighted by Gasteiger charge is 2.38. The van der Waals surface area contributed by atoms with Gasteiger partial charge < -0.3 is 9.16 Å². The summed E-state index contributed by atoms with van der Waals surface area (Å²) in [5.74, 6) is -0.289. The molecule has 0 heterocycles. The minimum atomic E-state index is -1.80. The van der Waals surface area contributed by atoms with Crippen LogP contribution in [0.25, 0.3) is 0 Å². The van der Waals surface area contributed by atoms with Crippen molar-refractivity contribution in [2.75, 3.05) is 6.61 Å². The predicted molar refractivity (Wildman–Crippen MR) is 82.8 cm³/mol. The summed E-state index contributed by atoms with van der Waals surface area (Å²) >= 11 is 0. The van der Waals surface area contributed by atoms with Crippen LogP contribution in [0.3, 0.4) is 0 Å². The first-order valence-corrected chi connectivity index (χ1v) is 10.1. The minimum absolute atomic E-state index is 0.00953. The van der Waals surface area contributed by atoms with E-state index < -0.39 is 8.32 Å². The Morgan fingerprint density at radius 2 is 1.84 bits per heavy atom. The van der Waals surface area contributed by atoms with E-state index in [2.05, 4.69) is 40.8 Å². The van der Waals surface area contributed by atoms with E-state index in [0.29, 0.717) is 6.61 Å². The van der Waals surface area contributed by atoms with Gasteiger partial charge in [0.05, 0.1) is 12.7 Å². The zero-order valence-electron chi connectivity index (χ0n) is 13.6. The van der Waals surface area contributed by atoms with E-state index in [1.54, 1.807) is 6.92 Å². The first-order chi connectivity index (χ1) is 8.64. The molecule has 0 unspecified atom stereocenters. The third-order valence-corrected chi connectivity index (χ3v) is 8.06. The van der Waals surface area contributed by atoms with Crippen molar-refractivity contribution < 1.29 is 14.0 Å². The van der Waals surface area contributed by atoms with Gasteiger partial charge >= 0.3 is 5.97 Å². The fourth-order valence-electron chi connectivity index (χ4n) is 1.41. The van der Waals surface area contributed by atoms with E-state index in [1.165, 1.54) is 6.08 Å². The number of ether oxygens (including phenoxy) is 1. The molecular formula is C15H30O3Si. The molecule has 0 saturated carbocycles. The average Bonchev–Trinajstić information content (AvgIpc) is 2.24. The van der Waals surface area contributed by atoms with Gasteiger partial charge in [-0.3, -0.25) is 0 Å². The second kappa shape index (κ2) is 7.85. The Kier molecular flexibility index (Phi) is 7.60. The Morgan fingerprint density at radius 1 is 1.26 bits per heavy atom. The second-order valence-electron chi connectivity index (χ2n) is 6.32. The number of hydrogen-bond donors (Lipinski definition) is 0. The molecule has 0 aromatic carbocycles. The van der Waals surface area contributed by atoms with Crippen LogP contribution in [-0.4, -0.2) is 27.0 Å². The lowest BCUT2D eigenvalue weighted by atomic mass is 10.2. The molecule has 3 nitrogen and oxygen atoms in total. The van der Waals surface area contributed by atoms with Crippen molar-refractivity contribution in [2.24, 2.45) is 0 Å². The lowest BCUT2D eigenvalue weighted by molar-refractivity contribution is -0.137. The van der Waals surface area contributed by atoms with E-state index in [9.17, 15) is 4.79 Å². The molecule has 0 spiro atoms. The van der Waals surface area contributed by atoms with Gasteiger partial charge in [0, 0.05) is 6.08 Å². The molecule has 0 rings (SSSR count). The van der Waals surface area contributed by atoms with Crippen LogP contribution in [-0.2, 0) is 14.0 Å². The fraction of sp³-hybridized carbons (Fsp3) is 0.800. The Bertz CT molecular complexity index is 303. The van der Waals surface area contributed by atoms with Crippen molar-refractivity contribution in [3.63, 3.8) is 0 Å². The van der Waals surface area contributed by atoms with Crippen LogP contribution in [0.15, 0.2) is 12.2 Å². The lowest BCUT2D eigenvalue weighted by Crippen LogP contribution is -2.43. The molecule has 0 aliphatic rings. The molecular weight excluding hydrogens is 256 g/mol. The standard InChI is InChI=1S/C15H30O3Si/c1-8-10-13(11-12-14(16)17-9-2)18-19(6,7)15(3,4)5/h11-13H,8-10H2,1-7H3/b12-11-/t13-/m1/s1. The molecule has 0 amide bonds.